The van der Waals surface area contributed by atoms with Gasteiger partial charge in [0.05, 0.1) is 45.3 Å². The van der Waals surface area contributed by atoms with Gasteiger partial charge in [0, 0.05) is 41.9 Å². The second-order valence-electron chi connectivity index (χ2n) is 14.1. The van der Waals surface area contributed by atoms with E-state index in [-0.39, 0.29) is 45.2 Å². The van der Waals surface area contributed by atoms with Gasteiger partial charge in [-0.2, -0.15) is 32.1 Å². The molecular formula is C38H32ClF7N8O3S. The molecule has 0 spiro atoms. The van der Waals surface area contributed by atoms with E-state index in [1.165, 1.54) is 30.9 Å². The summed E-state index contributed by atoms with van der Waals surface area (Å²) in [5.74, 6) is -9.64. The van der Waals surface area contributed by atoms with Crippen molar-refractivity contribution in [3.63, 3.8) is 0 Å². The summed E-state index contributed by atoms with van der Waals surface area (Å²) in [4.78, 5) is 23.2. The zero-order valence-corrected chi connectivity index (χ0v) is 32.4. The van der Waals surface area contributed by atoms with Crippen LogP contribution in [0.3, 0.4) is 0 Å². The van der Waals surface area contributed by atoms with Crippen LogP contribution in [0.25, 0.3) is 33.4 Å². The molecule has 0 aliphatic heterocycles. The summed E-state index contributed by atoms with van der Waals surface area (Å²) in [5, 5.41) is 10.8. The van der Waals surface area contributed by atoms with Crippen LogP contribution >= 0.6 is 11.6 Å². The maximum absolute atomic E-state index is 15.6. The van der Waals surface area contributed by atoms with Crippen molar-refractivity contribution in [2.45, 2.75) is 50.9 Å². The number of aryl methyl sites for hydroxylation is 1. The fourth-order valence-electron chi connectivity index (χ4n) is 7.39. The summed E-state index contributed by atoms with van der Waals surface area (Å²) >= 11 is 6.59. The van der Waals surface area contributed by atoms with Gasteiger partial charge in [-0.15, -0.1) is 0 Å². The quantitative estimate of drug-likeness (QED) is 0.133. The lowest BCUT2D eigenvalue weighted by Gasteiger charge is -2.24. The first-order chi connectivity index (χ1) is 27.1. The first kappa shape index (κ1) is 40.6. The Kier molecular flexibility index (Phi) is 10.3. The number of hydrogen-bond acceptors (Lipinski definition) is 7. The van der Waals surface area contributed by atoms with E-state index in [0.29, 0.717) is 27.5 Å². The molecule has 11 nitrogen and oxygen atoms in total. The van der Waals surface area contributed by atoms with E-state index in [9.17, 15) is 35.2 Å². The highest BCUT2D eigenvalue weighted by atomic mass is 35.5. The van der Waals surface area contributed by atoms with Gasteiger partial charge >= 0.3 is 6.18 Å². The van der Waals surface area contributed by atoms with E-state index in [1.807, 2.05) is 0 Å². The third kappa shape index (κ3) is 7.59. The van der Waals surface area contributed by atoms with Crippen molar-refractivity contribution in [2.75, 3.05) is 11.0 Å². The molecule has 1 aliphatic carbocycles. The molecule has 0 saturated carbocycles. The van der Waals surface area contributed by atoms with Crippen molar-refractivity contribution in [2.24, 2.45) is 13.0 Å². The largest absolute Gasteiger partial charge is 0.435 e. The van der Waals surface area contributed by atoms with Gasteiger partial charge in [-0.1, -0.05) is 43.6 Å². The number of anilines is 1. The number of nitrogens with one attached hydrogen (secondary N) is 2. The fourth-order valence-corrected chi connectivity index (χ4v) is 8.12. The van der Waals surface area contributed by atoms with Crippen LogP contribution in [-0.4, -0.2) is 50.1 Å². The molecule has 4 aromatic heterocycles. The van der Waals surface area contributed by atoms with Crippen LogP contribution in [-0.2, 0) is 46.9 Å². The first-order valence-electron chi connectivity index (χ1n) is 17.5. The fraction of sp³-hybridized carbons (Fsp3) is 0.289. The first-order valence-corrected chi connectivity index (χ1v) is 19.8. The smallest absolute Gasteiger partial charge is 0.346 e. The lowest BCUT2D eigenvalue weighted by Crippen LogP contribution is -2.35. The monoisotopic (exact) mass is 848 g/mol. The molecule has 1 aliphatic rings. The summed E-state index contributed by atoms with van der Waals surface area (Å²) in [7, 11) is -2.32. The van der Waals surface area contributed by atoms with E-state index >= 15 is 8.78 Å². The highest BCUT2D eigenvalue weighted by Gasteiger charge is 2.57. The highest BCUT2D eigenvalue weighted by molar-refractivity contribution is 7.92. The summed E-state index contributed by atoms with van der Waals surface area (Å²) < 4.78 is 131. The summed E-state index contributed by atoms with van der Waals surface area (Å²) in [6, 6.07) is 12.6. The van der Waals surface area contributed by atoms with Crippen molar-refractivity contribution in [1.29, 1.82) is 0 Å². The number of rotatable bonds is 10. The summed E-state index contributed by atoms with van der Waals surface area (Å²) in [6.07, 6.45) is -3.05. The van der Waals surface area contributed by atoms with Crippen LogP contribution in [0.4, 0.5) is 36.6 Å². The number of alkyl halides is 5. The molecule has 58 heavy (non-hydrogen) atoms. The molecule has 7 rings (SSSR count). The minimum Gasteiger partial charge on any atom is -0.346 e. The highest BCUT2D eigenvalue weighted by Crippen LogP contribution is 2.55. The molecule has 3 atom stereocenters. The third-order valence-corrected chi connectivity index (χ3v) is 10.9. The van der Waals surface area contributed by atoms with Gasteiger partial charge in [-0.05, 0) is 54.3 Å². The Labute approximate surface area is 331 Å². The second-order valence-corrected chi connectivity index (χ2v) is 16.2. The Morgan fingerprint density at radius 1 is 0.983 bits per heavy atom. The molecule has 1 amide bonds. The summed E-state index contributed by atoms with van der Waals surface area (Å²) in [5.41, 5.74) is -1.66. The van der Waals surface area contributed by atoms with Crippen molar-refractivity contribution < 1.29 is 43.9 Å². The molecule has 4 heterocycles. The Morgan fingerprint density at radius 2 is 1.67 bits per heavy atom. The van der Waals surface area contributed by atoms with Gasteiger partial charge < -0.3 is 5.32 Å². The lowest BCUT2D eigenvalue weighted by molar-refractivity contribution is -0.143. The zero-order valence-electron chi connectivity index (χ0n) is 30.8. The Hall–Kier alpha value is -5.56. The number of aromatic nitrogens is 6. The number of benzene rings is 2. The summed E-state index contributed by atoms with van der Waals surface area (Å²) in [6.45, 7) is 1.25. The minimum atomic E-state index is -5.11. The molecule has 20 heteroatoms. The lowest BCUT2D eigenvalue weighted by atomic mass is 9.93. The molecule has 304 valence electrons. The predicted octanol–water partition coefficient (Wildman–Crippen LogP) is 8.16. The molecule has 0 saturated heterocycles. The maximum atomic E-state index is 15.6. The maximum Gasteiger partial charge on any atom is 0.435 e. The molecule has 6 aromatic rings. The van der Waals surface area contributed by atoms with Crippen molar-refractivity contribution in [3.05, 3.63) is 112 Å². The number of pyridine rings is 2. The molecule has 0 bridgehead atoms. The van der Waals surface area contributed by atoms with Crippen LogP contribution < -0.4 is 10.0 Å². The Bertz CT molecular complexity index is 2690. The topological polar surface area (TPSA) is 137 Å². The van der Waals surface area contributed by atoms with E-state index in [2.05, 4.69) is 25.2 Å². The van der Waals surface area contributed by atoms with E-state index in [0.717, 1.165) is 25.3 Å². The van der Waals surface area contributed by atoms with Gasteiger partial charge in [0.25, 0.3) is 5.92 Å². The number of sulfonamides is 1. The zero-order chi connectivity index (χ0) is 42.1. The van der Waals surface area contributed by atoms with Crippen LogP contribution in [0.15, 0.2) is 66.9 Å². The third-order valence-electron chi connectivity index (χ3n) is 10.0. The number of fused-ring (bicyclic) bond motifs is 2. The number of carbonyl (C=O) groups excluding carboxylic acids is 1. The van der Waals surface area contributed by atoms with Crippen molar-refractivity contribution >= 4 is 44.3 Å². The molecule has 0 fully saturated rings. The normalized spacial score (nSPS) is 17.0. The van der Waals surface area contributed by atoms with Crippen LogP contribution in [0, 0.1) is 17.6 Å². The van der Waals surface area contributed by atoms with Gasteiger partial charge in [-0.3, -0.25) is 23.9 Å². The number of halogens is 8. The number of nitrogens with zero attached hydrogens (tertiary/aromatic N) is 6. The molecule has 2 N–H and O–H groups in total. The second kappa shape index (κ2) is 14.7. The average Bonchev–Trinajstić information content (AvgIpc) is 3.73. The number of hydrogen-bond donors (Lipinski definition) is 2. The van der Waals surface area contributed by atoms with E-state index < -0.39 is 81.0 Å². The Balaban J connectivity index is 1.41. The molecule has 0 unspecified atom stereocenters. The van der Waals surface area contributed by atoms with Gasteiger partial charge in [0.15, 0.2) is 11.5 Å². The van der Waals surface area contributed by atoms with Crippen LogP contribution in [0.5, 0.6) is 0 Å². The number of amides is 1. The van der Waals surface area contributed by atoms with Gasteiger partial charge in [-0.25, -0.2) is 22.2 Å². The molecular weight excluding hydrogens is 817 g/mol. The standard InChI is InChI=1S/C38H32ClF7N8O3S/c1-18-19(2)37(42,43)35-30(18)34(38(44,45)46)50-54(35)17-29(55)48-28(15-20-13-21(40)16-22(41)14-20)32-23(9-11-27(49-32)26-7-5-6-12-47-26)24-8-10-25(39)31-33(24)53(3)51-36(31)52-58(4,56)57/h5-14,16,18-19,28H,15,17H2,1-4H3,(H,48,55)(H,51,52)/t18-,19+,28-/m0/s1. The average molecular weight is 849 g/mol. The van der Waals surface area contributed by atoms with E-state index in [4.69, 9.17) is 16.6 Å². The van der Waals surface area contributed by atoms with Crippen molar-refractivity contribution in [3.8, 4) is 22.5 Å². The predicted molar refractivity (Wildman–Crippen MR) is 200 cm³/mol. The molecule has 0 radical (unpaired) electrons. The van der Waals surface area contributed by atoms with Crippen LogP contribution in [0.1, 0.15) is 54.0 Å². The van der Waals surface area contributed by atoms with Gasteiger partial charge in [0.1, 0.15) is 23.9 Å². The van der Waals surface area contributed by atoms with E-state index in [1.54, 1.807) is 36.4 Å². The van der Waals surface area contributed by atoms with Crippen molar-refractivity contribution in [1.82, 2.24) is 34.8 Å². The van der Waals surface area contributed by atoms with Crippen LogP contribution in [0.2, 0.25) is 5.02 Å². The van der Waals surface area contributed by atoms with Gasteiger partial charge in [0.2, 0.25) is 15.9 Å². The SMILES string of the molecule is C[C@@H]1c2c(C(F)(F)F)nn(CC(=O)N[C@@H](Cc3cc(F)cc(F)c3)c3nc(-c4ccccn4)ccc3-c3ccc(Cl)c4c(NS(C)(=O)=O)nn(C)c34)c2C(F)(F)[C@@H]1C. The minimum absolute atomic E-state index is 0.0220. The Morgan fingerprint density at radius 3 is 2.31 bits per heavy atom. The molecule has 2 aromatic carbocycles. The number of carbonyl (C=O) groups is 1.